The predicted molar refractivity (Wildman–Crippen MR) is 93.6 cm³/mol. The molecule has 1 aromatic carbocycles. The maximum atomic E-state index is 12.6. The van der Waals surface area contributed by atoms with Crippen LogP contribution in [0.1, 0.15) is 29.3 Å². The van der Waals surface area contributed by atoms with Gasteiger partial charge in [-0.25, -0.2) is 4.98 Å². The van der Waals surface area contributed by atoms with Crippen molar-refractivity contribution in [1.29, 1.82) is 0 Å². The van der Waals surface area contributed by atoms with Crippen molar-refractivity contribution in [2.45, 2.75) is 25.6 Å². The molecular weight excluding hydrogens is 379 g/mol. The average molecular weight is 395 g/mol. The molecule has 2 aromatic rings. The lowest BCUT2D eigenvalue weighted by Gasteiger charge is -2.19. The second kappa shape index (κ2) is 7.45. The Labute approximate surface area is 157 Å². The fourth-order valence-corrected chi connectivity index (χ4v) is 2.99. The lowest BCUT2D eigenvalue weighted by molar-refractivity contribution is -0.384. The molecule has 1 aliphatic heterocycles. The first-order valence-electron chi connectivity index (χ1n) is 8.39. The summed E-state index contributed by atoms with van der Waals surface area (Å²) in [6, 6.07) is 6.32. The maximum absolute atomic E-state index is 12.6. The standard InChI is InChI=1S/C18H16F3N3O4/c1-11(25)12-2-4-15(16(8-12)24(26)27)23-7-6-14(10-23)28-17-5-3-13(9-22-17)18(19,20)21/h2-5,8-9,14H,6-7,10H2,1H3. The first kappa shape index (κ1) is 19.6. The summed E-state index contributed by atoms with van der Waals surface area (Å²) in [5, 5.41) is 11.4. The fraction of sp³-hybridized carbons (Fsp3) is 0.333. The highest BCUT2D eigenvalue weighted by Gasteiger charge is 2.32. The van der Waals surface area contributed by atoms with Gasteiger partial charge in [0.2, 0.25) is 5.88 Å². The molecule has 1 fully saturated rings. The Hall–Kier alpha value is -3.17. The third-order valence-electron chi connectivity index (χ3n) is 4.42. The number of nitrogens with zero attached hydrogens (tertiary/aromatic N) is 3. The molecule has 10 heteroatoms. The third-order valence-corrected chi connectivity index (χ3v) is 4.42. The molecule has 1 aliphatic rings. The van der Waals surface area contributed by atoms with E-state index in [1.165, 1.54) is 25.1 Å². The van der Waals surface area contributed by atoms with Gasteiger partial charge in [-0.05, 0) is 25.1 Å². The van der Waals surface area contributed by atoms with E-state index in [1.54, 1.807) is 4.90 Å². The Morgan fingerprint density at radius 3 is 2.64 bits per heavy atom. The minimum atomic E-state index is -4.47. The lowest BCUT2D eigenvalue weighted by Crippen LogP contribution is -2.25. The number of alkyl halides is 3. The summed E-state index contributed by atoms with van der Waals surface area (Å²) in [7, 11) is 0. The highest BCUT2D eigenvalue weighted by atomic mass is 19.4. The van der Waals surface area contributed by atoms with E-state index in [0.717, 1.165) is 12.1 Å². The van der Waals surface area contributed by atoms with Gasteiger partial charge in [0, 0.05) is 36.9 Å². The number of hydrogen-bond donors (Lipinski definition) is 0. The Kier molecular flexibility index (Phi) is 5.21. The number of rotatable bonds is 5. The van der Waals surface area contributed by atoms with Crippen molar-refractivity contribution >= 4 is 17.2 Å². The number of nitro groups is 1. The van der Waals surface area contributed by atoms with Crippen LogP contribution in [0.2, 0.25) is 0 Å². The minimum absolute atomic E-state index is 0.0567. The Morgan fingerprint density at radius 1 is 1.32 bits per heavy atom. The van der Waals surface area contributed by atoms with Gasteiger partial charge in [0.05, 0.1) is 17.0 Å². The Bertz CT molecular complexity index is 900. The van der Waals surface area contributed by atoms with Crippen LogP contribution in [0.15, 0.2) is 36.5 Å². The van der Waals surface area contributed by atoms with Crippen molar-refractivity contribution in [2.24, 2.45) is 0 Å². The largest absolute Gasteiger partial charge is 0.472 e. The zero-order valence-corrected chi connectivity index (χ0v) is 14.8. The molecule has 1 saturated heterocycles. The topological polar surface area (TPSA) is 85.6 Å². The van der Waals surface area contributed by atoms with Crippen LogP contribution in [0.3, 0.4) is 0 Å². The zero-order chi connectivity index (χ0) is 20.5. The summed E-state index contributed by atoms with van der Waals surface area (Å²) in [5.41, 5.74) is -0.437. The summed E-state index contributed by atoms with van der Waals surface area (Å²) in [4.78, 5) is 27.7. The monoisotopic (exact) mass is 395 g/mol. The Balaban J connectivity index is 1.72. The van der Waals surface area contributed by atoms with Gasteiger partial charge in [-0.15, -0.1) is 0 Å². The molecule has 0 amide bonds. The van der Waals surface area contributed by atoms with Crippen LogP contribution in [-0.4, -0.2) is 34.9 Å². The number of hydrogen-bond acceptors (Lipinski definition) is 6. The molecule has 3 rings (SSSR count). The van der Waals surface area contributed by atoms with E-state index in [2.05, 4.69) is 4.98 Å². The molecule has 1 unspecified atom stereocenters. The number of ketones is 1. The van der Waals surface area contributed by atoms with E-state index in [0.29, 0.717) is 31.4 Å². The van der Waals surface area contributed by atoms with Crippen LogP contribution in [-0.2, 0) is 6.18 Å². The van der Waals surface area contributed by atoms with Crippen LogP contribution < -0.4 is 9.64 Å². The molecule has 148 valence electrons. The predicted octanol–water partition coefficient (Wildman–Crippen LogP) is 3.87. The van der Waals surface area contributed by atoms with Crippen molar-refractivity contribution < 1.29 is 27.6 Å². The van der Waals surface area contributed by atoms with Crippen LogP contribution in [0, 0.1) is 10.1 Å². The number of carbonyl (C=O) groups is 1. The zero-order valence-electron chi connectivity index (χ0n) is 14.8. The fourth-order valence-electron chi connectivity index (χ4n) is 2.99. The number of halogens is 3. The van der Waals surface area contributed by atoms with E-state index < -0.39 is 16.7 Å². The molecule has 0 saturated carbocycles. The number of benzene rings is 1. The number of Topliss-reactive ketones (excluding diaryl/α,β-unsaturated/α-hetero) is 1. The summed E-state index contributed by atoms with van der Waals surface area (Å²) < 4.78 is 43.4. The molecule has 1 atom stereocenters. The van der Waals surface area contributed by atoms with Gasteiger partial charge in [-0.2, -0.15) is 13.2 Å². The molecule has 0 radical (unpaired) electrons. The van der Waals surface area contributed by atoms with E-state index in [4.69, 9.17) is 4.74 Å². The number of pyridine rings is 1. The molecule has 0 aliphatic carbocycles. The summed E-state index contributed by atoms with van der Waals surface area (Å²) in [6.07, 6.45) is -3.63. The van der Waals surface area contributed by atoms with Gasteiger partial charge in [0.1, 0.15) is 11.8 Å². The summed E-state index contributed by atoms with van der Waals surface area (Å²) in [6.45, 7) is 2.10. The van der Waals surface area contributed by atoms with Gasteiger partial charge >= 0.3 is 6.18 Å². The van der Waals surface area contributed by atoms with Crippen molar-refractivity contribution in [3.8, 4) is 5.88 Å². The number of aromatic nitrogens is 1. The van der Waals surface area contributed by atoms with Crippen molar-refractivity contribution in [3.63, 3.8) is 0 Å². The Morgan fingerprint density at radius 2 is 2.07 bits per heavy atom. The molecule has 7 nitrogen and oxygen atoms in total. The maximum Gasteiger partial charge on any atom is 0.417 e. The smallest absolute Gasteiger partial charge is 0.417 e. The van der Waals surface area contributed by atoms with E-state index >= 15 is 0 Å². The number of ether oxygens (including phenoxy) is 1. The first-order chi connectivity index (χ1) is 13.1. The highest BCUT2D eigenvalue weighted by molar-refractivity contribution is 5.95. The van der Waals surface area contributed by atoms with Crippen molar-refractivity contribution in [2.75, 3.05) is 18.0 Å². The van der Waals surface area contributed by atoms with E-state index in [9.17, 15) is 28.1 Å². The summed E-state index contributed by atoms with van der Waals surface area (Å²) in [5.74, 6) is -0.216. The van der Waals surface area contributed by atoms with Crippen molar-refractivity contribution in [3.05, 3.63) is 57.8 Å². The average Bonchev–Trinajstić information content (AvgIpc) is 3.09. The molecule has 28 heavy (non-hydrogen) atoms. The third kappa shape index (κ3) is 4.21. The number of anilines is 1. The van der Waals surface area contributed by atoms with Gasteiger partial charge in [-0.3, -0.25) is 14.9 Å². The molecule has 1 aromatic heterocycles. The van der Waals surface area contributed by atoms with E-state index in [1.807, 2.05) is 0 Å². The number of carbonyl (C=O) groups excluding carboxylic acids is 1. The molecule has 2 heterocycles. The normalized spacial score (nSPS) is 16.9. The molecular formula is C18H16F3N3O4. The van der Waals surface area contributed by atoms with Gasteiger partial charge in [0.25, 0.3) is 5.69 Å². The van der Waals surface area contributed by atoms with Crippen LogP contribution in [0.25, 0.3) is 0 Å². The van der Waals surface area contributed by atoms with Crippen molar-refractivity contribution in [1.82, 2.24) is 4.98 Å². The van der Waals surface area contributed by atoms with Gasteiger partial charge < -0.3 is 9.64 Å². The van der Waals surface area contributed by atoms with E-state index in [-0.39, 0.29) is 29.0 Å². The lowest BCUT2D eigenvalue weighted by atomic mass is 10.1. The quantitative estimate of drug-likeness (QED) is 0.434. The van der Waals surface area contributed by atoms with Crippen LogP contribution >= 0.6 is 0 Å². The molecule has 0 spiro atoms. The SMILES string of the molecule is CC(=O)c1ccc(N2CCC(Oc3ccc(C(F)(F)F)cn3)C2)c([N+](=O)[O-])c1. The minimum Gasteiger partial charge on any atom is -0.472 e. The molecule has 0 N–H and O–H groups in total. The van der Waals surface area contributed by atoms with Gasteiger partial charge in [-0.1, -0.05) is 0 Å². The summed E-state index contributed by atoms with van der Waals surface area (Å²) >= 11 is 0. The van der Waals surface area contributed by atoms with Crippen LogP contribution in [0.5, 0.6) is 5.88 Å². The molecule has 0 bridgehead atoms. The number of nitro benzene ring substituents is 1. The van der Waals surface area contributed by atoms with Crippen LogP contribution in [0.4, 0.5) is 24.5 Å². The first-order valence-corrected chi connectivity index (χ1v) is 8.39. The second-order valence-corrected chi connectivity index (χ2v) is 6.37. The van der Waals surface area contributed by atoms with Gasteiger partial charge in [0.15, 0.2) is 5.78 Å². The highest BCUT2D eigenvalue weighted by Crippen LogP contribution is 2.33. The second-order valence-electron chi connectivity index (χ2n) is 6.37.